The molecule has 0 amide bonds. The van der Waals surface area contributed by atoms with E-state index in [-0.39, 0.29) is 5.57 Å². The summed E-state index contributed by atoms with van der Waals surface area (Å²) in [5.74, 6) is 0.446. The molecule has 2 aromatic heterocycles. The van der Waals surface area contributed by atoms with Crippen molar-refractivity contribution in [2.75, 3.05) is 5.75 Å². The largest absolute Gasteiger partial charge is 0.214 e. The maximum absolute atomic E-state index is 9.58. The minimum absolute atomic E-state index is 0.147. The van der Waals surface area contributed by atoms with Crippen LogP contribution in [0.3, 0.4) is 0 Å². The Balaban J connectivity index is 1.53. The average molecular weight is 519 g/mol. The zero-order valence-corrected chi connectivity index (χ0v) is 22.7. The van der Waals surface area contributed by atoms with E-state index in [1.165, 1.54) is 81.5 Å². The second-order valence-electron chi connectivity index (χ2n) is 8.83. The fourth-order valence-electron chi connectivity index (χ4n) is 4.04. The fraction of sp³-hybridized carbons (Fsp3) is 0.464. The van der Waals surface area contributed by atoms with Gasteiger partial charge in [-0.3, -0.25) is 0 Å². The number of nitrogens with zero attached hydrogens (tertiary/aromatic N) is 6. The maximum atomic E-state index is 9.58. The number of aromatic nitrogens is 4. The van der Waals surface area contributed by atoms with Crippen LogP contribution in [0.15, 0.2) is 52.5 Å². The molecule has 0 spiro atoms. The van der Waals surface area contributed by atoms with Crippen molar-refractivity contribution in [2.24, 2.45) is 0 Å². The van der Waals surface area contributed by atoms with Gasteiger partial charge in [-0.05, 0) is 52.4 Å². The Morgan fingerprint density at radius 1 is 0.944 bits per heavy atom. The lowest BCUT2D eigenvalue weighted by Gasteiger charge is -2.06. The van der Waals surface area contributed by atoms with Gasteiger partial charge in [0.2, 0.25) is 5.16 Å². The van der Waals surface area contributed by atoms with Crippen LogP contribution in [0.1, 0.15) is 81.6 Å². The molecule has 1 aromatic carbocycles. The van der Waals surface area contributed by atoms with Gasteiger partial charge in [-0.1, -0.05) is 94.7 Å². The molecule has 0 atom stereocenters. The average Bonchev–Trinajstić information content (AvgIpc) is 3.58. The van der Waals surface area contributed by atoms with Crippen molar-refractivity contribution >= 4 is 28.7 Å². The van der Waals surface area contributed by atoms with E-state index in [0.717, 1.165) is 22.6 Å². The van der Waals surface area contributed by atoms with Crippen LogP contribution >= 0.6 is 23.1 Å². The molecule has 36 heavy (non-hydrogen) atoms. The SMILES string of the molecule is CCCCCCCCCCCCc1csc(C(CSc2nnnn2-c2ccccc2)=C(C#N)C#N)c1. The Morgan fingerprint density at radius 3 is 2.28 bits per heavy atom. The van der Waals surface area contributed by atoms with Crippen LogP contribution in [0.2, 0.25) is 0 Å². The summed E-state index contributed by atoms with van der Waals surface area (Å²) >= 11 is 3.03. The lowest BCUT2D eigenvalue weighted by atomic mass is 10.0. The van der Waals surface area contributed by atoms with Crippen LogP contribution in [-0.2, 0) is 6.42 Å². The van der Waals surface area contributed by atoms with Gasteiger partial charge in [-0.25, -0.2) is 0 Å². The second kappa shape index (κ2) is 15.9. The Morgan fingerprint density at radius 2 is 1.61 bits per heavy atom. The molecule has 6 nitrogen and oxygen atoms in total. The molecule has 0 radical (unpaired) electrons. The van der Waals surface area contributed by atoms with E-state index in [2.05, 4.69) is 46.0 Å². The van der Waals surface area contributed by atoms with Crippen LogP contribution in [0.4, 0.5) is 0 Å². The number of hydrogen-bond donors (Lipinski definition) is 0. The summed E-state index contributed by atoms with van der Waals surface area (Å²) in [7, 11) is 0. The number of benzene rings is 1. The summed E-state index contributed by atoms with van der Waals surface area (Å²) in [5, 5.41) is 34.0. The smallest absolute Gasteiger partial charge is 0.192 e. The van der Waals surface area contributed by atoms with Gasteiger partial charge < -0.3 is 0 Å². The van der Waals surface area contributed by atoms with E-state index in [1.54, 1.807) is 16.0 Å². The highest BCUT2D eigenvalue weighted by atomic mass is 32.2. The van der Waals surface area contributed by atoms with E-state index in [4.69, 9.17) is 0 Å². The van der Waals surface area contributed by atoms with Crippen LogP contribution in [0.25, 0.3) is 11.3 Å². The third-order valence-electron chi connectivity index (χ3n) is 6.08. The maximum Gasteiger partial charge on any atom is 0.214 e. The summed E-state index contributed by atoms with van der Waals surface area (Å²) in [6, 6.07) is 16.0. The number of unbranched alkanes of at least 4 members (excludes halogenated alkanes) is 9. The molecule has 0 saturated heterocycles. The number of thioether (sulfide) groups is 1. The Kier molecular flexibility index (Phi) is 12.2. The Labute approximate surface area is 223 Å². The highest BCUT2D eigenvalue weighted by Crippen LogP contribution is 2.32. The number of aryl methyl sites for hydroxylation is 1. The monoisotopic (exact) mass is 518 g/mol. The predicted molar refractivity (Wildman–Crippen MR) is 148 cm³/mol. The molecule has 3 rings (SSSR count). The quantitative estimate of drug-likeness (QED) is 0.109. The van der Waals surface area contributed by atoms with Gasteiger partial charge in [-0.2, -0.15) is 15.2 Å². The van der Waals surface area contributed by atoms with E-state index < -0.39 is 0 Å². The van der Waals surface area contributed by atoms with Crippen molar-refractivity contribution in [1.29, 1.82) is 10.5 Å². The van der Waals surface area contributed by atoms with Gasteiger partial charge >= 0.3 is 0 Å². The van der Waals surface area contributed by atoms with Crippen molar-refractivity contribution in [1.82, 2.24) is 20.2 Å². The first-order valence-corrected chi connectivity index (χ1v) is 14.7. The molecule has 0 fully saturated rings. The minimum Gasteiger partial charge on any atom is -0.192 e. The molecule has 0 saturated carbocycles. The second-order valence-corrected chi connectivity index (χ2v) is 10.7. The standard InChI is InChI=1S/C28H34N6S2/c1-2-3-4-5-6-7-8-9-10-12-15-23-18-27(35-21-23)26(24(19-29)20-30)22-36-28-31-32-33-34(28)25-16-13-11-14-17-25/h11,13-14,16-18,21H,2-10,12,15,22H2,1H3. The molecule has 8 heteroatoms. The van der Waals surface area contributed by atoms with Crippen molar-refractivity contribution < 1.29 is 0 Å². The van der Waals surface area contributed by atoms with Crippen LogP contribution in [-0.4, -0.2) is 26.0 Å². The Bertz CT molecular complexity index is 1150. The fourth-order valence-corrected chi connectivity index (χ4v) is 6.07. The van der Waals surface area contributed by atoms with Crippen molar-refractivity contribution in [3.63, 3.8) is 0 Å². The first-order chi connectivity index (χ1) is 17.8. The highest BCUT2D eigenvalue weighted by molar-refractivity contribution is 7.99. The van der Waals surface area contributed by atoms with E-state index >= 15 is 0 Å². The summed E-state index contributed by atoms with van der Waals surface area (Å²) in [5.41, 5.74) is 3.04. The summed E-state index contributed by atoms with van der Waals surface area (Å²) in [6.45, 7) is 2.26. The molecule has 0 aliphatic rings. The number of tetrazole rings is 1. The molecular weight excluding hydrogens is 484 g/mol. The topological polar surface area (TPSA) is 91.2 Å². The predicted octanol–water partition coefficient (Wildman–Crippen LogP) is 7.78. The molecule has 3 aromatic rings. The molecule has 0 aliphatic heterocycles. The van der Waals surface area contributed by atoms with E-state index in [1.807, 2.05) is 30.3 Å². The third kappa shape index (κ3) is 8.62. The number of hydrogen-bond acceptors (Lipinski definition) is 7. The van der Waals surface area contributed by atoms with Crippen LogP contribution < -0.4 is 0 Å². The molecular formula is C28H34N6S2. The normalized spacial score (nSPS) is 10.6. The third-order valence-corrected chi connectivity index (χ3v) is 8.07. The number of rotatable bonds is 16. The van der Waals surface area contributed by atoms with Gasteiger partial charge in [0.25, 0.3) is 0 Å². The van der Waals surface area contributed by atoms with E-state index in [0.29, 0.717) is 10.9 Å². The molecule has 0 unspecified atom stereocenters. The first kappa shape index (κ1) is 27.6. The molecule has 188 valence electrons. The van der Waals surface area contributed by atoms with Crippen LogP contribution in [0, 0.1) is 22.7 Å². The van der Waals surface area contributed by atoms with E-state index in [9.17, 15) is 10.5 Å². The molecule has 2 heterocycles. The van der Waals surface area contributed by atoms with Gasteiger partial charge in [0, 0.05) is 16.2 Å². The van der Waals surface area contributed by atoms with Crippen molar-refractivity contribution in [3.05, 3.63) is 57.8 Å². The Hall–Kier alpha value is -2.94. The summed E-state index contributed by atoms with van der Waals surface area (Å²) in [4.78, 5) is 0.974. The van der Waals surface area contributed by atoms with Gasteiger partial charge in [-0.15, -0.1) is 16.4 Å². The molecule has 0 aliphatic carbocycles. The van der Waals surface area contributed by atoms with Gasteiger partial charge in [0.1, 0.15) is 17.7 Å². The lowest BCUT2D eigenvalue weighted by Crippen LogP contribution is -2.00. The molecule has 0 N–H and O–H groups in total. The first-order valence-electron chi connectivity index (χ1n) is 12.8. The minimum atomic E-state index is 0.147. The van der Waals surface area contributed by atoms with Crippen molar-refractivity contribution in [3.8, 4) is 17.8 Å². The van der Waals surface area contributed by atoms with Crippen LogP contribution in [0.5, 0.6) is 0 Å². The van der Waals surface area contributed by atoms with Gasteiger partial charge in [0.05, 0.1) is 5.69 Å². The summed E-state index contributed by atoms with van der Waals surface area (Å²) < 4.78 is 1.67. The number of thiophene rings is 1. The number of nitriles is 2. The highest BCUT2D eigenvalue weighted by Gasteiger charge is 2.16. The summed E-state index contributed by atoms with van der Waals surface area (Å²) in [6.07, 6.45) is 14.3. The van der Waals surface area contributed by atoms with Gasteiger partial charge in [0.15, 0.2) is 0 Å². The van der Waals surface area contributed by atoms with Crippen molar-refractivity contribution in [2.45, 2.75) is 82.7 Å². The zero-order valence-electron chi connectivity index (χ0n) is 21.0. The molecule has 0 bridgehead atoms. The zero-order chi connectivity index (χ0) is 25.4. The number of para-hydroxylation sites is 1. The number of allylic oxidation sites excluding steroid dienone is 1. The lowest BCUT2D eigenvalue weighted by molar-refractivity contribution is 0.556.